The van der Waals surface area contributed by atoms with Gasteiger partial charge in [0.25, 0.3) is 0 Å². The Morgan fingerprint density at radius 2 is 2.29 bits per heavy atom. The van der Waals surface area contributed by atoms with Gasteiger partial charge in [-0.05, 0) is 12.5 Å². The lowest BCUT2D eigenvalue weighted by molar-refractivity contribution is 0.196. The first-order valence-electron chi connectivity index (χ1n) is 8.24. The number of rotatable bonds is 6. The van der Waals surface area contributed by atoms with Crippen molar-refractivity contribution >= 4 is 21.6 Å². The van der Waals surface area contributed by atoms with Gasteiger partial charge in [-0.2, -0.15) is 4.98 Å². The zero-order chi connectivity index (χ0) is 17.2. The quantitative estimate of drug-likeness (QED) is 0.685. The van der Waals surface area contributed by atoms with Crippen LogP contribution in [-0.2, 0) is 14.6 Å². The van der Waals surface area contributed by atoms with E-state index in [2.05, 4.69) is 20.2 Å². The van der Waals surface area contributed by atoms with Crippen LogP contribution >= 0.6 is 0 Å². The van der Waals surface area contributed by atoms with Gasteiger partial charge in [-0.15, -0.1) is 0 Å². The van der Waals surface area contributed by atoms with Gasteiger partial charge in [-0.3, -0.25) is 0 Å². The van der Waals surface area contributed by atoms with Crippen LogP contribution in [0.3, 0.4) is 0 Å². The maximum Gasteiger partial charge on any atom is 0.226 e. The predicted octanol–water partition coefficient (Wildman–Crippen LogP) is -0.475. The Labute approximate surface area is 143 Å². The van der Waals surface area contributed by atoms with Crippen LogP contribution < -0.4 is 15.1 Å². The average molecular weight is 355 g/mol. The van der Waals surface area contributed by atoms with Gasteiger partial charge in [0.05, 0.1) is 17.5 Å². The summed E-state index contributed by atoms with van der Waals surface area (Å²) >= 11 is 0. The smallest absolute Gasteiger partial charge is 0.226 e. The first-order valence-corrected chi connectivity index (χ1v) is 10.1. The van der Waals surface area contributed by atoms with Crippen molar-refractivity contribution in [2.75, 3.05) is 61.7 Å². The van der Waals surface area contributed by atoms with E-state index in [1.165, 1.54) is 0 Å². The number of ether oxygens (including phenoxy) is 1. The molecular formula is C15H25N5O3S. The predicted molar refractivity (Wildman–Crippen MR) is 93.4 cm³/mol. The van der Waals surface area contributed by atoms with Gasteiger partial charge in [-0.1, -0.05) is 0 Å². The van der Waals surface area contributed by atoms with E-state index in [9.17, 15) is 8.42 Å². The number of piperazine rings is 1. The largest absolute Gasteiger partial charge is 0.385 e. The van der Waals surface area contributed by atoms with Gasteiger partial charge in [0.2, 0.25) is 5.95 Å². The molecule has 0 saturated carbocycles. The Balaban J connectivity index is 1.75. The molecule has 3 heterocycles. The van der Waals surface area contributed by atoms with E-state index in [1.807, 2.05) is 18.0 Å². The minimum absolute atomic E-state index is 0.0124. The fourth-order valence-electron chi connectivity index (χ4n) is 3.38. The molecule has 2 fully saturated rings. The Hall–Kier alpha value is -1.45. The van der Waals surface area contributed by atoms with E-state index in [4.69, 9.17) is 4.74 Å². The molecule has 1 aromatic rings. The van der Waals surface area contributed by atoms with Crippen LogP contribution in [0.25, 0.3) is 0 Å². The van der Waals surface area contributed by atoms with Crippen LogP contribution in [0.2, 0.25) is 0 Å². The molecule has 1 aromatic heterocycles. The minimum atomic E-state index is -2.98. The van der Waals surface area contributed by atoms with E-state index in [0.717, 1.165) is 31.9 Å². The molecule has 1 N–H and O–H groups in total. The van der Waals surface area contributed by atoms with Crippen molar-refractivity contribution < 1.29 is 13.2 Å². The lowest BCUT2D eigenvalue weighted by Crippen LogP contribution is -2.57. The number of fused-ring (bicyclic) bond motifs is 1. The Morgan fingerprint density at radius 3 is 3.08 bits per heavy atom. The third kappa shape index (κ3) is 3.79. The Kier molecular flexibility index (Phi) is 5.21. The van der Waals surface area contributed by atoms with Gasteiger partial charge in [-0.25, -0.2) is 13.4 Å². The van der Waals surface area contributed by atoms with Crippen molar-refractivity contribution in [1.29, 1.82) is 0 Å². The van der Waals surface area contributed by atoms with Crippen LogP contribution in [0.15, 0.2) is 12.3 Å². The van der Waals surface area contributed by atoms with E-state index < -0.39 is 9.84 Å². The third-order valence-electron chi connectivity index (χ3n) is 4.59. The molecule has 2 atom stereocenters. The Morgan fingerprint density at radius 1 is 1.46 bits per heavy atom. The van der Waals surface area contributed by atoms with Crippen molar-refractivity contribution in [3.05, 3.63) is 12.3 Å². The number of sulfone groups is 1. The number of aromatic nitrogens is 2. The standard InChI is InChI=1S/C15H25N5O3S/c1-19(7-3-9-23-2)15-17-5-4-14(18-15)20-8-6-16-12-10-24(21,22)11-13(12)20/h4-5,12-13,16H,3,6-11H2,1-2H3/t12-,13+/m1/s1. The minimum Gasteiger partial charge on any atom is -0.385 e. The maximum atomic E-state index is 12.0. The average Bonchev–Trinajstić information content (AvgIpc) is 2.88. The summed E-state index contributed by atoms with van der Waals surface area (Å²) in [7, 11) is 0.659. The summed E-state index contributed by atoms with van der Waals surface area (Å²) in [5.74, 6) is 1.85. The second-order valence-electron chi connectivity index (χ2n) is 6.38. The lowest BCUT2D eigenvalue weighted by Gasteiger charge is -2.38. The van der Waals surface area contributed by atoms with Crippen LogP contribution in [0.1, 0.15) is 6.42 Å². The monoisotopic (exact) mass is 355 g/mol. The van der Waals surface area contributed by atoms with Crippen LogP contribution in [-0.4, -0.2) is 82.4 Å². The molecule has 0 unspecified atom stereocenters. The zero-order valence-electron chi connectivity index (χ0n) is 14.2. The van der Waals surface area contributed by atoms with Crippen molar-refractivity contribution in [3.63, 3.8) is 0 Å². The summed E-state index contributed by atoms with van der Waals surface area (Å²) in [6, 6.07) is 1.80. The molecule has 0 aromatic carbocycles. The van der Waals surface area contributed by atoms with Crippen LogP contribution in [0.5, 0.6) is 0 Å². The SMILES string of the molecule is COCCCN(C)c1nccc(N2CCN[C@@H]3CS(=O)(=O)C[C@@H]32)n1. The van der Waals surface area contributed by atoms with Crippen LogP contribution in [0.4, 0.5) is 11.8 Å². The summed E-state index contributed by atoms with van der Waals surface area (Å²) in [5, 5.41) is 3.32. The highest BCUT2D eigenvalue weighted by Gasteiger charge is 2.43. The molecule has 2 saturated heterocycles. The first-order chi connectivity index (χ1) is 11.5. The number of anilines is 2. The molecule has 8 nitrogen and oxygen atoms in total. The summed E-state index contributed by atoms with van der Waals surface area (Å²) in [4.78, 5) is 13.1. The number of hydrogen-bond donors (Lipinski definition) is 1. The van der Waals surface area contributed by atoms with Gasteiger partial charge in [0.1, 0.15) is 5.82 Å². The van der Waals surface area contributed by atoms with Gasteiger partial charge >= 0.3 is 0 Å². The van der Waals surface area contributed by atoms with Gasteiger partial charge in [0, 0.05) is 52.6 Å². The second-order valence-corrected chi connectivity index (χ2v) is 8.53. The fraction of sp³-hybridized carbons (Fsp3) is 0.733. The van der Waals surface area contributed by atoms with E-state index in [1.54, 1.807) is 13.3 Å². The molecule has 134 valence electrons. The fourth-order valence-corrected chi connectivity index (χ4v) is 5.34. The molecule has 0 bridgehead atoms. The van der Waals surface area contributed by atoms with Crippen molar-refractivity contribution in [1.82, 2.24) is 15.3 Å². The van der Waals surface area contributed by atoms with Gasteiger partial charge in [0.15, 0.2) is 9.84 Å². The molecule has 9 heteroatoms. The zero-order valence-corrected chi connectivity index (χ0v) is 15.0. The molecule has 24 heavy (non-hydrogen) atoms. The lowest BCUT2D eigenvalue weighted by atomic mass is 10.1. The van der Waals surface area contributed by atoms with Gasteiger partial charge < -0.3 is 19.9 Å². The normalized spacial score (nSPS) is 25.5. The summed E-state index contributed by atoms with van der Waals surface area (Å²) < 4.78 is 29.0. The highest BCUT2D eigenvalue weighted by molar-refractivity contribution is 7.91. The second kappa shape index (κ2) is 7.20. The molecule has 2 aliphatic heterocycles. The summed E-state index contributed by atoms with van der Waals surface area (Å²) in [6.45, 7) is 3.02. The van der Waals surface area contributed by atoms with Crippen molar-refractivity contribution in [2.24, 2.45) is 0 Å². The molecule has 2 aliphatic rings. The highest BCUT2D eigenvalue weighted by atomic mass is 32.2. The summed E-state index contributed by atoms with van der Waals surface area (Å²) in [5.41, 5.74) is 0. The highest BCUT2D eigenvalue weighted by Crippen LogP contribution is 2.26. The van der Waals surface area contributed by atoms with E-state index in [0.29, 0.717) is 12.6 Å². The number of methoxy groups -OCH3 is 1. The molecular weight excluding hydrogens is 330 g/mol. The number of nitrogens with zero attached hydrogens (tertiary/aromatic N) is 4. The topological polar surface area (TPSA) is 87.7 Å². The first kappa shape index (κ1) is 17.4. The van der Waals surface area contributed by atoms with E-state index >= 15 is 0 Å². The van der Waals surface area contributed by atoms with Crippen molar-refractivity contribution in [2.45, 2.75) is 18.5 Å². The molecule has 0 spiro atoms. The number of nitrogens with one attached hydrogen (secondary N) is 1. The molecule has 0 radical (unpaired) electrons. The number of hydrogen-bond acceptors (Lipinski definition) is 8. The Bertz CT molecular complexity index is 669. The van der Waals surface area contributed by atoms with Crippen molar-refractivity contribution in [3.8, 4) is 0 Å². The molecule has 3 rings (SSSR count). The molecule has 0 amide bonds. The molecule has 0 aliphatic carbocycles. The van der Waals surface area contributed by atoms with Crippen LogP contribution in [0, 0.1) is 0 Å². The maximum absolute atomic E-state index is 12.0. The van der Waals surface area contributed by atoms with E-state index in [-0.39, 0.29) is 23.6 Å². The third-order valence-corrected chi connectivity index (χ3v) is 6.30. The summed E-state index contributed by atoms with van der Waals surface area (Å²) in [6.07, 6.45) is 2.64.